The first kappa shape index (κ1) is 22.3. The summed E-state index contributed by atoms with van der Waals surface area (Å²) in [5, 5.41) is 2.39. The number of nitrogens with zero attached hydrogens (tertiary/aromatic N) is 3. The van der Waals surface area contributed by atoms with Gasteiger partial charge in [0.05, 0.1) is 37.5 Å². The molecule has 0 aliphatic heterocycles. The van der Waals surface area contributed by atoms with Crippen LogP contribution in [-0.2, 0) is 22.9 Å². The number of hydrogen-bond acceptors (Lipinski definition) is 8. The highest BCUT2D eigenvalue weighted by Crippen LogP contribution is 2.26. The van der Waals surface area contributed by atoms with Crippen molar-refractivity contribution in [1.82, 2.24) is 9.97 Å². The molecule has 3 aromatic heterocycles. The summed E-state index contributed by atoms with van der Waals surface area (Å²) in [4.78, 5) is 23.2. The first-order valence-electron chi connectivity index (χ1n) is 10.0. The Kier molecular flexibility index (Phi) is 6.27. The summed E-state index contributed by atoms with van der Waals surface area (Å²) < 4.78 is 35.2. The Hall–Kier alpha value is -3.92. The van der Waals surface area contributed by atoms with E-state index < -0.39 is 20.9 Å². The monoisotopic (exact) mass is 466 g/mol. The van der Waals surface area contributed by atoms with Gasteiger partial charge in [0, 0.05) is 11.9 Å². The number of sulfone groups is 1. The largest absolute Gasteiger partial charge is 0.467 e. The number of carbonyl (C=O) groups is 1. The van der Waals surface area contributed by atoms with Gasteiger partial charge in [0.2, 0.25) is 15.0 Å². The van der Waals surface area contributed by atoms with E-state index in [0.29, 0.717) is 22.9 Å². The third-order valence-electron chi connectivity index (χ3n) is 4.88. The Labute approximate surface area is 191 Å². The number of carbonyl (C=O) groups excluding carboxylic acids is 1. The van der Waals surface area contributed by atoms with Gasteiger partial charge < -0.3 is 19.1 Å². The summed E-state index contributed by atoms with van der Waals surface area (Å²) in [6, 6.07) is 14.4. The van der Waals surface area contributed by atoms with Gasteiger partial charge in [0.25, 0.3) is 5.91 Å². The minimum atomic E-state index is -3.74. The molecule has 4 aromatic rings. The van der Waals surface area contributed by atoms with Crippen LogP contribution >= 0.6 is 0 Å². The molecular weight excluding hydrogens is 444 g/mol. The molecule has 0 spiro atoms. The quantitative estimate of drug-likeness (QED) is 0.389. The molecule has 1 N–H and O–H groups in total. The van der Waals surface area contributed by atoms with Crippen molar-refractivity contribution in [2.75, 3.05) is 16.5 Å². The van der Waals surface area contributed by atoms with E-state index in [-0.39, 0.29) is 18.8 Å². The number of para-hydroxylation sites is 1. The number of aromatic nitrogens is 2. The summed E-state index contributed by atoms with van der Waals surface area (Å²) >= 11 is 0. The number of amides is 1. The number of furan rings is 2. The predicted molar refractivity (Wildman–Crippen MR) is 122 cm³/mol. The van der Waals surface area contributed by atoms with Gasteiger partial charge in [0.15, 0.2) is 5.69 Å². The maximum atomic E-state index is 13.3. The Morgan fingerprint density at radius 3 is 2.18 bits per heavy atom. The van der Waals surface area contributed by atoms with Crippen molar-refractivity contribution in [2.45, 2.75) is 25.2 Å². The molecule has 33 heavy (non-hydrogen) atoms. The molecule has 0 saturated heterocycles. The topological polar surface area (TPSA) is 119 Å². The summed E-state index contributed by atoms with van der Waals surface area (Å²) in [5.41, 5.74) is 1.71. The highest BCUT2D eigenvalue weighted by Gasteiger charge is 2.25. The van der Waals surface area contributed by atoms with E-state index in [4.69, 9.17) is 8.83 Å². The number of hydrogen-bond donors (Lipinski definition) is 1. The fourth-order valence-electron chi connectivity index (χ4n) is 3.24. The van der Waals surface area contributed by atoms with Crippen LogP contribution < -0.4 is 10.2 Å². The van der Waals surface area contributed by atoms with Crippen molar-refractivity contribution >= 4 is 27.1 Å². The van der Waals surface area contributed by atoms with Crippen LogP contribution in [0.3, 0.4) is 0 Å². The first-order chi connectivity index (χ1) is 15.8. The molecule has 0 unspecified atom stereocenters. The van der Waals surface area contributed by atoms with E-state index in [9.17, 15) is 13.2 Å². The van der Waals surface area contributed by atoms with Crippen molar-refractivity contribution < 1.29 is 22.0 Å². The molecule has 9 nitrogen and oxygen atoms in total. The zero-order chi connectivity index (χ0) is 23.4. The molecule has 0 bridgehead atoms. The summed E-state index contributed by atoms with van der Waals surface area (Å²) in [6.07, 6.45) is 5.43. The molecule has 1 aromatic carbocycles. The van der Waals surface area contributed by atoms with Gasteiger partial charge in [-0.3, -0.25) is 4.79 Å². The lowest BCUT2D eigenvalue weighted by molar-refractivity contribution is 0.102. The highest BCUT2D eigenvalue weighted by molar-refractivity contribution is 7.90. The zero-order valence-electron chi connectivity index (χ0n) is 18.1. The average Bonchev–Trinajstić information content (AvgIpc) is 3.48. The Balaban J connectivity index is 1.78. The Morgan fingerprint density at radius 2 is 1.64 bits per heavy atom. The van der Waals surface area contributed by atoms with E-state index in [2.05, 4.69) is 15.3 Å². The first-order valence-corrected chi connectivity index (χ1v) is 11.9. The predicted octanol–water partition coefficient (Wildman–Crippen LogP) is 3.83. The molecule has 170 valence electrons. The molecule has 0 aliphatic carbocycles. The highest BCUT2D eigenvalue weighted by atomic mass is 32.2. The smallest absolute Gasteiger partial charge is 0.276 e. The number of anilines is 2. The molecule has 3 heterocycles. The van der Waals surface area contributed by atoms with E-state index in [1.54, 1.807) is 53.8 Å². The maximum absolute atomic E-state index is 13.3. The van der Waals surface area contributed by atoms with Gasteiger partial charge in [-0.2, -0.15) is 0 Å². The number of nitrogens with one attached hydrogen (secondary N) is 1. The normalized spacial score (nSPS) is 11.3. The van der Waals surface area contributed by atoms with E-state index >= 15 is 0 Å². The van der Waals surface area contributed by atoms with Crippen LogP contribution in [0.1, 0.15) is 27.6 Å². The summed E-state index contributed by atoms with van der Waals surface area (Å²) in [5.74, 6) is 0.716. The molecule has 10 heteroatoms. The van der Waals surface area contributed by atoms with Gasteiger partial charge in [-0.15, -0.1) is 0 Å². The van der Waals surface area contributed by atoms with Gasteiger partial charge in [-0.1, -0.05) is 18.2 Å². The summed E-state index contributed by atoms with van der Waals surface area (Å²) in [7, 11) is -3.74. The lowest BCUT2D eigenvalue weighted by Gasteiger charge is -2.24. The van der Waals surface area contributed by atoms with Gasteiger partial charge >= 0.3 is 0 Å². The van der Waals surface area contributed by atoms with Crippen molar-refractivity contribution in [3.8, 4) is 0 Å². The maximum Gasteiger partial charge on any atom is 0.276 e. The number of aryl methyl sites for hydroxylation is 1. The minimum Gasteiger partial charge on any atom is -0.467 e. The second-order valence-corrected chi connectivity index (χ2v) is 9.35. The Bertz CT molecular complexity index is 1310. The third kappa shape index (κ3) is 5.29. The van der Waals surface area contributed by atoms with Crippen LogP contribution in [-0.4, -0.2) is 30.5 Å². The van der Waals surface area contributed by atoms with Gasteiger partial charge in [-0.05, 0) is 42.8 Å². The van der Waals surface area contributed by atoms with Gasteiger partial charge in [-0.25, -0.2) is 18.4 Å². The van der Waals surface area contributed by atoms with Gasteiger partial charge in [0.1, 0.15) is 11.5 Å². The molecule has 0 radical (unpaired) electrons. The molecular formula is C23H22N4O5S. The van der Waals surface area contributed by atoms with Crippen LogP contribution in [0.15, 0.2) is 81.2 Å². The zero-order valence-corrected chi connectivity index (χ0v) is 18.9. The number of benzene rings is 1. The second kappa shape index (κ2) is 9.29. The lowest BCUT2D eigenvalue weighted by Crippen LogP contribution is -2.27. The van der Waals surface area contributed by atoms with Crippen LogP contribution in [0.2, 0.25) is 0 Å². The molecule has 0 atom stereocenters. The van der Waals surface area contributed by atoms with Crippen molar-refractivity contribution in [3.05, 3.63) is 90.0 Å². The second-order valence-electron chi connectivity index (χ2n) is 7.44. The van der Waals surface area contributed by atoms with E-state index in [1.807, 2.05) is 19.1 Å². The molecule has 0 aliphatic rings. The molecule has 0 saturated carbocycles. The molecule has 0 fully saturated rings. The van der Waals surface area contributed by atoms with Crippen LogP contribution in [0.25, 0.3) is 0 Å². The molecule has 4 rings (SSSR count). The van der Waals surface area contributed by atoms with Crippen LogP contribution in [0.4, 0.5) is 11.4 Å². The standard InChI is InChI=1S/C23H22N4O5S/c1-16-7-3-4-10-19(16)25-22(28)21-20(13-24-23(26-21)33(2,29)30)27(14-17-8-5-11-31-17)15-18-9-6-12-32-18/h3-13H,14-15H2,1-2H3,(H,25,28). The van der Waals surface area contributed by atoms with Crippen molar-refractivity contribution in [3.63, 3.8) is 0 Å². The Morgan fingerprint density at radius 1 is 1.00 bits per heavy atom. The minimum absolute atomic E-state index is 0.0770. The van der Waals surface area contributed by atoms with Crippen LogP contribution in [0.5, 0.6) is 0 Å². The van der Waals surface area contributed by atoms with Crippen molar-refractivity contribution in [1.29, 1.82) is 0 Å². The SMILES string of the molecule is Cc1ccccc1NC(=O)c1nc(S(C)(=O)=O)ncc1N(Cc1ccco1)Cc1ccco1. The van der Waals surface area contributed by atoms with E-state index in [1.165, 1.54) is 6.20 Å². The third-order valence-corrected chi connectivity index (χ3v) is 5.74. The molecule has 1 amide bonds. The van der Waals surface area contributed by atoms with Crippen LogP contribution in [0, 0.1) is 6.92 Å². The fraction of sp³-hybridized carbons (Fsp3) is 0.174. The average molecular weight is 467 g/mol. The van der Waals surface area contributed by atoms with E-state index in [0.717, 1.165) is 11.8 Å². The van der Waals surface area contributed by atoms with Crippen molar-refractivity contribution in [2.24, 2.45) is 0 Å². The summed E-state index contributed by atoms with van der Waals surface area (Å²) in [6.45, 7) is 2.42. The number of rotatable bonds is 8. The fourth-order valence-corrected chi connectivity index (χ4v) is 3.74. The lowest BCUT2D eigenvalue weighted by atomic mass is 10.2.